The molecule has 11 heteroatoms. The van der Waals surface area contributed by atoms with Gasteiger partial charge < -0.3 is 25.2 Å². The van der Waals surface area contributed by atoms with Crippen LogP contribution in [-0.2, 0) is 25.5 Å². The Hall–Kier alpha value is -4.02. The number of carbonyl (C=O) groups is 4. The molecule has 1 fully saturated rings. The van der Waals surface area contributed by atoms with Crippen LogP contribution in [-0.4, -0.2) is 54.1 Å². The molecule has 3 rings (SSSR count). The number of hydrogen-bond donors (Lipinski definition) is 3. The number of halogens is 1. The molecule has 198 valence electrons. The largest absolute Gasteiger partial charge is 0.463 e. The Morgan fingerprint density at radius 2 is 2.03 bits per heavy atom. The molecule has 3 atom stereocenters. The average molecular weight is 515 g/mol. The number of aryl methyl sites for hydroxylation is 1. The average Bonchev–Trinajstić information content (AvgIpc) is 3.31. The molecule has 1 aliphatic heterocycles. The standard InChI is InChI=1S/C26H31FN4O6/c1-3-36-23(32)11-10-20(15-18-5-4-12-28-24(18)33)29-25(34)21(14-17-6-8-19(27)9-7-17)30-26(35)22-13-16(2)37-31-22/h6-11,13,18,20-21H,3-5,12,14-15H2,1-2H3,(H,28,33)(H,29,34)(H,30,35)/b11-10+/t18-,20+,21-/m0/s1. The lowest BCUT2D eigenvalue weighted by Crippen LogP contribution is -2.51. The molecular weight excluding hydrogens is 483 g/mol. The molecule has 1 aromatic carbocycles. The summed E-state index contributed by atoms with van der Waals surface area (Å²) in [6.07, 6.45) is 4.46. The molecule has 0 bridgehead atoms. The second kappa shape index (κ2) is 13.3. The van der Waals surface area contributed by atoms with Crippen molar-refractivity contribution in [3.05, 3.63) is 65.3 Å². The van der Waals surface area contributed by atoms with Gasteiger partial charge in [-0.1, -0.05) is 23.4 Å². The summed E-state index contributed by atoms with van der Waals surface area (Å²) in [5.41, 5.74) is 0.621. The fourth-order valence-electron chi connectivity index (χ4n) is 3.99. The van der Waals surface area contributed by atoms with Crippen molar-refractivity contribution in [2.45, 2.75) is 51.6 Å². The monoisotopic (exact) mass is 514 g/mol. The van der Waals surface area contributed by atoms with Gasteiger partial charge in [-0.3, -0.25) is 14.4 Å². The summed E-state index contributed by atoms with van der Waals surface area (Å²) in [4.78, 5) is 50.4. The third-order valence-electron chi connectivity index (χ3n) is 5.85. The highest BCUT2D eigenvalue weighted by Crippen LogP contribution is 2.18. The molecule has 37 heavy (non-hydrogen) atoms. The van der Waals surface area contributed by atoms with Gasteiger partial charge in [-0.2, -0.15) is 0 Å². The smallest absolute Gasteiger partial charge is 0.330 e. The third kappa shape index (κ3) is 8.55. The molecule has 3 amide bonds. The van der Waals surface area contributed by atoms with E-state index in [1.165, 1.54) is 42.5 Å². The van der Waals surface area contributed by atoms with E-state index in [1.54, 1.807) is 13.8 Å². The van der Waals surface area contributed by atoms with E-state index in [0.29, 0.717) is 24.3 Å². The number of nitrogens with one attached hydrogen (secondary N) is 3. The number of piperidine rings is 1. The van der Waals surface area contributed by atoms with Crippen molar-refractivity contribution in [1.29, 1.82) is 0 Å². The minimum atomic E-state index is -1.06. The Morgan fingerprint density at radius 1 is 1.27 bits per heavy atom. The first-order chi connectivity index (χ1) is 17.7. The first kappa shape index (κ1) is 27.6. The van der Waals surface area contributed by atoms with Crippen molar-refractivity contribution in [1.82, 2.24) is 21.1 Å². The molecule has 1 aliphatic rings. The highest BCUT2D eigenvalue weighted by atomic mass is 19.1. The van der Waals surface area contributed by atoms with E-state index in [1.807, 2.05) is 0 Å². The lowest BCUT2D eigenvalue weighted by atomic mass is 9.91. The fraction of sp³-hybridized carbons (Fsp3) is 0.423. The Kier molecular flexibility index (Phi) is 9.93. The predicted octanol–water partition coefficient (Wildman–Crippen LogP) is 1.98. The molecule has 2 heterocycles. The van der Waals surface area contributed by atoms with Crippen LogP contribution in [0.3, 0.4) is 0 Å². The minimum Gasteiger partial charge on any atom is -0.463 e. The van der Waals surface area contributed by atoms with Crippen LogP contribution >= 0.6 is 0 Å². The van der Waals surface area contributed by atoms with E-state index in [9.17, 15) is 23.6 Å². The molecule has 2 aromatic rings. The zero-order valence-electron chi connectivity index (χ0n) is 20.8. The first-order valence-corrected chi connectivity index (χ1v) is 12.2. The quantitative estimate of drug-likeness (QED) is 0.308. The first-order valence-electron chi connectivity index (χ1n) is 12.2. The van der Waals surface area contributed by atoms with Gasteiger partial charge in [-0.05, 0) is 50.8 Å². The lowest BCUT2D eigenvalue weighted by molar-refractivity contribution is -0.137. The number of carbonyl (C=O) groups excluding carboxylic acids is 4. The summed E-state index contributed by atoms with van der Waals surface area (Å²) in [6, 6.07) is 5.26. The van der Waals surface area contributed by atoms with E-state index in [4.69, 9.17) is 9.26 Å². The predicted molar refractivity (Wildman–Crippen MR) is 131 cm³/mol. The Morgan fingerprint density at radius 3 is 2.68 bits per heavy atom. The van der Waals surface area contributed by atoms with Crippen LogP contribution in [0.15, 0.2) is 47.0 Å². The third-order valence-corrected chi connectivity index (χ3v) is 5.85. The Bertz CT molecular complexity index is 1130. The SMILES string of the molecule is CCOC(=O)/C=C/[C@H](C[C@@H]1CCCNC1=O)NC(=O)[C@H](Cc1ccc(F)cc1)NC(=O)c1cc(C)on1. The van der Waals surface area contributed by atoms with E-state index in [-0.39, 0.29) is 37.0 Å². The van der Waals surface area contributed by atoms with Crippen molar-refractivity contribution in [3.63, 3.8) is 0 Å². The second-order valence-electron chi connectivity index (χ2n) is 8.77. The highest BCUT2D eigenvalue weighted by molar-refractivity contribution is 5.96. The summed E-state index contributed by atoms with van der Waals surface area (Å²) in [6.45, 7) is 4.10. The summed E-state index contributed by atoms with van der Waals surface area (Å²) in [5, 5.41) is 12.0. The maximum absolute atomic E-state index is 13.4. The van der Waals surface area contributed by atoms with Gasteiger partial charge in [-0.15, -0.1) is 0 Å². The van der Waals surface area contributed by atoms with Gasteiger partial charge in [0.1, 0.15) is 17.6 Å². The number of aromatic nitrogens is 1. The molecule has 10 nitrogen and oxygen atoms in total. The Labute approximate surface area is 214 Å². The fourth-order valence-corrected chi connectivity index (χ4v) is 3.99. The van der Waals surface area contributed by atoms with Crippen LogP contribution in [0.25, 0.3) is 0 Å². The number of amides is 3. The van der Waals surface area contributed by atoms with Crippen molar-refractivity contribution >= 4 is 23.7 Å². The van der Waals surface area contributed by atoms with E-state index < -0.39 is 35.7 Å². The van der Waals surface area contributed by atoms with Crippen LogP contribution in [0.1, 0.15) is 48.0 Å². The van der Waals surface area contributed by atoms with Crippen molar-refractivity contribution < 1.29 is 32.8 Å². The normalized spacial score (nSPS) is 17.1. The van der Waals surface area contributed by atoms with Gasteiger partial charge in [0.05, 0.1) is 6.61 Å². The highest BCUT2D eigenvalue weighted by Gasteiger charge is 2.29. The molecule has 1 aromatic heterocycles. The summed E-state index contributed by atoms with van der Waals surface area (Å²) >= 11 is 0. The minimum absolute atomic E-state index is 0.00652. The molecule has 1 saturated heterocycles. The topological polar surface area (TPSA) is 140 Å². The molecule has 0 radical (unpaired) electrons. The van der Waals surface area contributed by atoms with Gasteiger partial charge in [0.15, 0.2) is 5.69 Å². The number of ether oxygens (including phenoxy) is 1. The maximum Gasteiger partial charge on any atom is 0.330 e. The second-order valence-corrected chi connectivity index (χ2v) is 8.77. The summed E-state index contributed by atoms with van der Waals surface area (Å²) < 4.78 is 23.3. The molecule has 0 spiro atoms. The van der Waals surface area contributed by atoms with Crippen molar-refractivity contribution in [2.24, 2.45) is 5.92 Å². The van der Waals surface area contributed by atoms with E-state index >= 15 is 0 Å². The maximum atomic E-state index is 13.4. The summed E-state index contributed by atoms with van der Waals surface area (Å²) in [5.74, 6) is -2.22. The number of benzene rings is 1. The van der Waals surface area contributed by atoms with E-state index in [2.05, 4.69) is 21.1 Å². The van der Waals surface area contributed by atoms with Gasteiger partial charge in [0.2, 0.25) is 11.8 Å². The zero-order chi connectivity index (χ0) is 26.8. The number of esters is 1. The van der Waals surface area contributed by atoms with Gasteiger partial charge >= 0.3 is 5.97 Å². The zero-order valence-corrected chi connectivity index (χ0v) is 20.8. The molecule has 0 unspecified atom stereocenters. The van der Waals surface area contributed by atoms with Gasteiger partial charge in [0, 0.05) is 37.1 Å². The van der Waals surface area contributed by atoms with Crippen molar-refractivity contribution in [3.8, 4) is 0 Å². The molecule has 0 saturated carbocycles. The van der Waals surface area contributed by atoms with E-state index in [0.717, 1.165) is 6.42 Å². The van der Waals surface area contributed by atoms with Crippen LogP contribution in [0.2, 0.25) is 0 Å². The van der Waals surface area contributed by atoms with Crippen LogP contribution in [0, 0.1) is 18.7 Å². The van der Waals surface area contributed by atoms with Crippen LogP contribution in [0.4, 0.5) is 4.39 Å². The van der Waals surface area contributed by atoms with Crippen molar-refractivity contribution in [2.75, 3.05) is 13.2 Å². The molecule has 3 N–H and O–H groups in total. The van der Waals surface area contributed by atoms with Crippen LogP contribution < -0.4 is 16.0 Å². The Balaban J connectivity index is 1.80. The number of rotatable bonds is 11. The molecule has 0 aliphatic carbocycles. The summed E-state index contributed by atoms with van der Waals surface area (Å²) in [7, 11) is 0. The number of nitrogens with zero attached hydrogens (tertiary/aromatic N) is 1. The number of hydrogen-bond acceptors (Lipinski definition) is 7. The van der Waals surface area contributed by atoms with Crippen LogP contribution in [0.5, 0.6) is 0 Å². The van der Waals surface area contributed by atoms with Gasteiger partial charge in [0.25, 0.3) is 5.91 Å². The lowest BCUT2D eigenvalue weighted by Gasteiger charge is -2.27. The van der Waals surface area contributed by atoms with Gasteiger partial charge in [-0.25, -0.2) is 9.18 Å². The molecular formula is C26H31FN4O6.